The Kier molecular flexibility index (Phi) is 3.61. The highest BCUT2D eigenvalue weighted by Gasteiger charge is 2.77. The van der Waals surface area contributed by atoms with E-state index < -0.39 is 0 Å². The molecule has 9 heteroatoms. The first-order valence-electron chi connectivity index (χ1n) is 11.4. The minimum Gasteiger partial charge on any atom is -0.456 e. The maximum Gasteiger partial charge on any atom is 0.333 e. The summed E-state index contributed by atoms with van der Waals surface area (Å²) in [4.78, 5) is 26.7. The zero-order valence-electron chi connectivity index (χ0n) is 17.8. The van der Waals surface area contributed by atoms with Gasteiger partial charge in [-0.1, -0.05) is 18.2 Å². The topological polar surface area (TPSA) is 102 Å². The largest absolute Gasteiger partial charge is 0.456 e. The van der Waals surface area contributed by atoms with Crippen LogP contribution in [0.2, 0.25) is 0 Å². The monoisotopic (exact) mass is 432 g/mol. The van der Waals surface area contributed by atoms with E-state index in [1.807, 2.05) is 9.58 Å². The summed E-state index contributed by atoms with van der Waals surface area (Å²) in [6, 6.07) is 7.06. The molecule has 5 aliphatic rings. The zero-order valence-corrected chi connectivity index (χ0v) is 17.8. The first kappa shape index (κ1) is 18.5. The van der Waals surface area contributed by atoms with Gasteiger partial charge in [0.1, 0.15) is 6.61 Å². The molecule has 164 valence electrons. The van der Waals surface area contributed by atoms with Crippen LogP contribution in [0.1, 0.15) is 37.3 Å². The number of fused-ring (bicyclic) bond motifs is 4. The summed E-state index contributed by atoms with van der Waals surface area (Å²) in [7, 11) is 0. The molecular weight excluding hydrogens is 408 g/mol. The van der Waals surface area contributed by atoms with E-state index in [-0.39, 0.29) is 29.9 Å². The van der Waals surface area contributed by atoms with Crippen LogP contribution in [-0.2, 0) is 27.4 Å². The number of tetrazole rings is 1. The normalized spacial score (nSPS) is 34.0. The van der Waals surface area contributed by atoms with Crippen LogP contribution < -0.4 is 5.32 Å². The second-order valence-electron chi connectivity index (χ2n) is 9.84. The molecule has 2 aromatic rings. The van der Waals surface area contributed by atoms with E-state index in [1.54, 1.807) is 0 Å². The number of nitrogens with one attached hydrogen (secondary N) is 1. The zero-order chi connectivity index (χ0) is 21.6. The number of nitrogens with zero attached hydrogens (tertiary/aromatic N) is 5. The van der Waals surface area contributed by atoms with Gasteiger partial charge in [-0.15, -0.1) is 5.10 Å². The van der Waals surface area contributed by atoms with Crippen molar-refractivity contribution < 1.29 is 14.3 Å². The first-order valence-corrected chi connectivity index (χ1v) is 11.4. The molecule has 9 nitrogen and oxygen atoms in total. The lowest BCUT2D eigenvalue weighted by molar-refractivity contribution is -0.137. The van der Waals surface area contributed by atoms with Crippen molar-refractivity contribution >= 4 is 11.9 Å². The molecule has 1 saturated heterocycles. The predicted octanol–water partition coefficient (Wildman–Crippen LogP) is 1.25. The van der Waals surface area contributed by atoms with Gasteiger partial charge in [0.2, 0.25) is 5.91 Å². The minimum absolute atomic E-state index is 0.137. The van der Waals surface area contributed by atoms with Crippen LogP contribution in [0.25, 0.3) is 11.4 Å². The molecule has 4 heterocycles. The Balaban J connectivity index is 1.01. The first-order chi connectivity index (χ1) is 15.6. The average Bonchev–Trinajstić information content (AvgIpc) is 3.18. The number of likely N-dealkylation sites (tertiary alicyclic amines) is 1. The molecule has 1 aromatic heterocycles. The Morgan fingerprint density at radius 2 is 2.22 bits per heavy atom. The highest BCUT2D eigenvalue weighted by molar-refractivity contribution is 5.94. The molecule has 2 unspecified atom stereocenters. The molecule has 3 fully saturated rings. The van der Waals surface area contributed by atoms with Gasteiger partial charge >= 0.3 is 5.97 Å². The van der Waals surface area contributed by atoms with Gasteiger partial charge in [-0.2, -0.15) is 0 Å². The Bertz CT molecular complexity index is 1200. The average molecular weight is 432 g/mol. The second kappa shape index (κ2) is 6.25. The van der Waals surface area contributed by atoms with Crippen LogP contribution in [0.3, 0.4) is 0 Å². The highest BCUT2D eigenvalue weighted by Crippen LogP contribution is 2.73. The maximum absolute atomic E-state index is 13.4. The fourth-order valence-electron chi connectivity index (χ4n) is 6.96. The lowest BCUT2D eigenvalue weighted by Crippen LogP contribution is -2.42. The molecule has 1 spiro atoms. The number of amides is 1. The van der Waals surface area contributed by atoms with E-state index in [4.69, 9.17) is 4.74 Å². The van der Waals surface area contributed by atoms with Crippen molar-refractivity contribution in [3.63, 3.8) is 0 Å². The third kappa shape index (κ3) is 2.34. The summed E-state index contributed by atoms with van der Waals surface area (Å²) >= 11 is 0. The van der Waals surface area contributed by atoms with Crippen LogP contribution in [0.5, 0.6) is 0 Å². The van der Waals surface area contributed by atoms with Crippen LogP contribution in [0.15, 0.2) is 30.0 Å². The van der Waals surface area contributed by atoms with Crippen molar-refractivity contribution in [1.82, 2.24) is 30.4 Å². The van der Waals surface area contributed by atoms with Crippen molar-refractivity contribution in [3.8, 4) is 11.4 Å². The smallest absolute Gasteiger partial charge is 0.333 e. The Morgan fingerprint density at radius 3 is 3.06 bits per heavy atom. The van der Waals surface area contributed by atoms with Crippen LogP contribution in [0, 0.1) is 17.3 Å². The molecule has 2 aliphatic carbocycles. The minimum atomic E-state index is -0.341. The van der Waals surface area contributed by atoms with Gasteiger partial charge in [0.25, 0.3) is 0 Å². The van der Waals surface area contributed by atoms with Crippen molar-refractivity contribution in [2.24, 2.45) is 17.3 Å². The van der Waals surface area contributed by atoms with Gasteiger partial charge in [-0.3, -0.25) is 4.79 Å². The van der Waals surface area contributed by atoms with Crippen LogP contribution >= 0.6 is 0 Å². The molecule has 3 aliphatic heterocycles. The molecule has 0 bridgehead atoms. The van der Waals surface area contributed by atoms with Gasteiger partial charge in [0, 0.05) is 30.3 Å². The summed E-state index contributed by atoms with van der Waals surface area (Å²) in [5.41, 5.74) is 4.14. The van der Waals surface area contributed by atoms with Gasteiger partial charge in [-0.05, 0) is 59.6 Å². The number of hydrogen-bond acceptors (Lipinski definition) is 7. The van der Waals surface area contributed by atoms with Crippen LogP contribution in [0.4, 0.5) is 0 Å². The fourth-order valence-corrected chi connectivity index (χ4v) is 6.96. The molecule has 32 heavy (non-hydrogen) atoms. The molecule has 5 atom stereocenters. The van der Waals surface area contributed by atoms with E-state index in [1.165, 1.54) is 17.2 Å². The molecule has 1 aromatic carbocycles. The number of ether oxygens (including phenoxy) is 1. The van der Waals surface area contributed by atoms with E-state index in [9.17, 15) is 9.59 Å². The molecule has 0 radical (unpaired) electrons. The number of hydrogen-bond donors (Lipinski definition) is 1. The summed E-state index contributed by atoms with van der Waals surface area (Å²) in [6.45, 7) is 3.89. The summed E-state index contributed by atoms with van der Waals surface area (Å²) in [6.07, 6.45) is 4.45. The molecule has 1 N–H and O–H groups in total. The molecule has 1 amide bonds. The van der Waals surface area contributed by atoms with Gasteiger partial charge in [0.15, 0.2) is 5.82 Å². The summed E-state index contributed by atoms with van der Waals surface area (Å²) in [5, 5.41) is 15.6. The lowest BCUT2D eigenvalue weighted by atomic mass is 9.84. The number of rotatable bonds is 4. The summed E-state index contributed by atoms with van der Waals surface area (Å²) < 4.78 is 6.88. The van der Waals surface area contributed by atoms with E-state index in [0.717, 1.165) is 49.4 Å². The highest BCUT2D eigenvalue weighted by atomic mass is 16.5. The predicted molar refractivity (Wildman–Crippen MR) is 112 cm³/mol. The van der Waals surface area contributed by atoms with Crippen molar-refractivity contribution in [3.05, 3.63) is 41.1 Å². The fraction of sp³-hybridized carbons (Fsp3) is 0.522. The van der Waals surface area contributed by atoms with Gasteiger partial charge in [0.05, 0.1) is 17.7 Å². The molecular formula is C23H24N6O3. The standard InChI is InChI=1S/C23H24N6O3/c1-12-20-18-7-15(4-5-23(18,20)22(31)29(12)16-8-19(30)32-11-16)24-9-13-2-3-17-14(6-13)10-28-21(17)25-26-27-28/h2-3,6,8,12,15,18,20,24H,4-5,7,9-11H2,1H3/t12-,15-,18?,20?,23+/m0/s1. The quantitative estimate of drug-likeness (QED) is 0.619. The van der Waals surface area contributed by atoms with E-state index in [0.29, 0.717) is 17.9 Å². The Hall–Kier alpha value is -3.07. The third-order valence-electron chi connectivity index (χ3n) is 8.38. The number of benzene rings is 1. The third-order valence-corrected chi connectivity index (χ3v) is 8.38. The molecule has 2 saturated carbocycles. The van der Waals surface area contributed by atoms with Crippen LogP contribution in [-0.4, -0.2) is 55.7 Å². The number of carbonyl (C=O) groups excluding carboxylic acids is 2. The summed E-state index contributed by atoms with van der Waals surface area (Å²) in [5.74, 6) is 1.55. The maximum atomic E-state index is 13.4. The van der Waals surface area contributed by atoms with Gasteiger partial charge in [-0.25, -0.2) is 9.48 Å². The van der Waals surface area contributed by atoms with Crippen molar-refractivity contribution in [2.45, 2.75) is 51.4 Å². The van der Waals surface area contributed by atoms with Crippen molar-refractivity contribution in [2.75, 3.05) is 6.61 Å². The second-order valence-corrected chi connectivity index (χ2v) is 9.84. The Labute approximate surface area is 184 Å². The van der Waals surface area contributed by atoms with Crippen molar-refractivity contribution in [1.29, 1.82) is 0 Å². The number of carbonyl (C=O) groups is 2. The molecule has 7 rings (SSSR count). The number of aromatic nitrogens is 4. The van der Waals surface area contributed by atoms with E-state index in [2.05, 4.69) is 46.0 Å². The number of esters is 1. The SMILES string of the molecule is C[C@H]1C2C3C[C@@H](NCc4ccc5c(c4)Cn4nnnc4-5)CC[C@@]32C(=O)N1C1=CC(=O)OC1. The lowest BCUT2D eigenvalue weighted by Gasteiger charge is -2.32. The number of piperidine rings is 1. The van der Waals surface area contributed by atoms with E-state index >= 15 is 0 Å². The van der Waals surface area contributed by atoms with Gasteiger partial charge < -0.3 is 15.0 Å². The number of cyclic esters (lactones) is 1. The Morgan fingerprint density at radius 1 is 1.31 bits per heavy atom.